The van der Waals surface area contributed by atoms with Crippen molar-refractivity contribution < 1.29 is 4.79 Å². The van der Waals surface area contributed by atoms with Crippen LogP contribution in [-0.4, -0.2) is 10.9 Å². The van der Waals surface area contributed by atoms with Gasteiger partial charge in [-0.3, -0.25) is 4.79 Å². The average molecular weight is 319 g/mol. The lowest BCUT2D eigenvalue weighted by Crippen LogP contribution is -2.14. The van der Waals surface area contributed by atoms with Crippen molar-refractivity contribution in [2.45, 2.75) is 32.6 Å². The van der Waals surface area contributed by atoms with Crippen LogP contribution in [0.15, 0.2) is 36.4 Å². The van der Waals surface area contributed by atoms with Gasteiger partial charge in [-0.05, 0) is 79.3 Å². The van der Waals surface area contributed by atoms with Crippen molar-refractivity contribution in [3.63, 3.8) is 0 Å². The molecule has 0 bridgehead atoms. The Morgan fingerprint density at radius 3 is 2.62 bits per heavy atom. The molecule has 4 heteroatoms. The van der Waals surface area contributed by atoms with Crippen LogP contribution in [-0.2, 0) is 24.1 Å². The van der Waals surface area contributed by atoms with Crippen LogP contribution in [0.5, 0.6) is 0 Å². The SMILES string of the molecule is Cc1[nH]c2cc3c(cc2c1CC(=O)Nc1ccc(N)cc1)CCC3. The maximum atomic E-state index is 12.4. The standard InChI is InChI=1S/C20H21N3O/c1-12-17(11-20(24)23-16-7-5-15(21)6-8-16)18-9-13-3-2-4-14(13)10-19(18)22-12/h5-10,22H,2-4,11,21H2,1H3,(H,23,24). The number of carbonyl (C=O) groups excluding carboxylic acids is 1. The molecule has 3 aromatic rings. The first-order valence-electron chi connectivity index (χ1n) is 8.38. The summed E-state index contributed by atoms with van der Waals surface area (Å²) >= 11 is 0. The van der Waals surface area contributed by atoms with E-state index in [4.69, 9.17) is 5.73 Å². The molecule has 0 atom stereocenters. The van der Waals surface area contributed by atoms with E-state index in [9.17, 15) is 4.79 Å². The summed E-state index contributed by atoms with van der Waals surface area (Å²) in [5.41, 5.74) is 13.3. The fourth-order valence-electron chi connectivity index (χ4n) is 3.62. The van der Waals surface area contributed by atoms with Crippen molar-refractivity contribution in [2.75, 3.05) is 11.1 Å². The second-order valence-electron chi connectivity index (χ2n) is 6.60. The van der Waals surface area contributed by atoms with E-state index >= 15 is 0 Å². The predicted octanol–water partition coefficient (Wildman–Crippen LogP) is 3.73. The molecular weight excluding hydrogens is 298 g/mol. The van der Waals surface area contributed by atoms with Gasteiger partial charge in [0.15, 0.2) is 0 Å². The van der Waals surface area contributed by atoms with E-state index in [1.807, 2.05) is 19.1 Å². The van der Waals surface area contributed by atoms with Crippen LogP contribution in [0.4, 0.5) is 11.4 Å². The molecule has 4 N–H and O–H groups in total. The van der Waals surface area contributed by atoms with E-state index in [0.29, 0.717) is 12.1 Å². The summed E-state index contributed by atoms with van der Waals surface area (Å²) in [7, 11) is 0. The van der Waals surface area contributed by atoms with Gasteiger partial charge in [0.05, 0.1) is 6.42 Å². The average Bonchev–Trinajstić information content (AvgIpc) is 3.12. The number of carbonyl (C=O) groups is 1. The Morgan fingerprint density at radius 2 is 1.88 bits per heavy atom. The molecule has 122 valence electrons. The number of amides is 1. The number of rotatable bonds is 3. The van der Waals surface area contributed by atoms with E-state index in [1.165, 1.54) is 22.9 Å². The lowest BCUT2D eigenvalue weighted by atomic mass is 10.0. The summed E-state index contributed by atoms with van der Waals surface area (Å²) in [5, 5.41) is 4.12. The molecule has 0 radical (unpaired) electrons. The van der Waals surface area contributed by atoms with Crippen LogP contribution >= 0.6 is 0 Å². The number of aryl methyl sites for hydroxylation is 3. The predicted molar refractivity (Wildman–Crippen MR) is 98.2 cm³/mol. The minimum atomic E-state index is -0.00994. The highest BCUT2D eigenvalue weighted by molar-refractivity contribution is 5.96. The highest BCUT2D eigenvalue weighted by Crippen LogP contribution is 2.30. The van der Waals surface area contributed by atoms with Crippen LogP contribution in [0.2, 0.25) is 0 Å². The van der Waals surface area contributed by atoms with Gasteiger partial charge >= 0.3 is 0 Å². The molecule has 1 aliphatic rings. The van der Waals surface area contributed by atoms with Crippen molar-refractivity contribution >= 4 is 28.2 Å². The molecule has 0 spiro atoms. The molecule has 2 aromatic carbocycles. The largest absolute Gasteiger partial charge is 0.399 e. The monoisotopic (exact) mass is 319 g/mol. The molecule has 0 fully saturated rings. The third-order valence-electron chi connectivity index (χ3n) is 4.86. The molecule has 1 aromatic heterocycles. The molecule has 0 saturated carbocycles. The quantitative estimate of drug-likeness (QED) is 0.644. The normalized spacial score (nSPS) is 13.2. The van der Waals surface area contributed by atoms with Gasteiger partial charge in [0.25, 0.3) is 0 Å². The van der Waals surface area contributed by atoms with Crippen LogP contribution in [0.25, 0.3) is 10.9 Å². The minimum Gasteiger partial charge on any atom is -0.399 e. The lowest BCUT2D eigenvalue weighted by Gasteiger charge is -2.07. The van der Waals surface area contributed by atoms with Crippen molar-refractivity contribution in [1.29, 1.82) is 0 Å². The molecule has 0 aliphatic heterocycles. The van der Waals surface area contributed by atoms with E-state index < -0.39 is 0 Å². The molecule has 4 nitrogen and oxygen atoms in total. The third-order valence-corrected chi connectivity index (χ3v) is 4.86. The second kappa shape index (κ2) is 5.71. The van der Waals surface area contributed by atoms with Gasteiger partial charge in [0, 0.05) is 28.0 Å². The fraction of sp³-hybridized carbons (Fsp3) is 0.250. The number of hydrogen-bond acceptors (Lipinski definition) is 2. The number of aromatic amines is 1. The van der Waals surface area contributed by atoms with E-state index in [1.54, 1.807) is 12.1 Å². The maximum Gasteiger partial charge on any atom is 0.228 e. The fourth-order valence-corrected chi connectivity index (χ4v) is 3.62. The van der Waals surface area contributed by atoms with Crippen molar-refractivity contribution in [2.24, 2.45) is 0 Å². The lowest BCUT2D eigenvalue weighted by molar-refractivity contribution is -0.115. The first-order valence-corrected chi connectivity index (χ1v) is 8.38. The first-order chi connectivity index (χ1) is 11.6. The number of H-pyrrole nitrogens is 1. The van der Waals surface area contributed by atoms with Crippen molar-refractivity contribution in [1.82, 2.24) is 4.98 Å². The van der Waals surface area contributed by atoms with Crippen LogP contribution < -0.4 is 11.1 Å². The number of nitrogens with two attached hydrogens (primary N) is 1. The number of aromatic nitrogens is 1. The Labute approximate surface area is 141 Å². The molecular formula is C20H21N3O. The van der Waals surface area contributed by atoms with Gasteiger partial charge in [0.1, 0.15) is 0 Å². The number of anilines is 2. The van der Waals surface area contributed by atoms with Gasteiger partial charge in [-0.25, -0.2) is 0 Å². The zero-order chi connectivity index (χ0) is 16.7. The van der Waals surface area contributed by atoms with Crippen LogP contribution in [0, 0.1) is 6.92 Å². The molecule has 1 amide bonds. The Kier molecular flexibility index (Phi) is 3.53. The highest BCUT2D eigenvalue weighted by Gasteiger charge is 2.17. The smallest absolute Gasteiger partial charge is 0.228 e. The molecule has 1 aliphatic carbocycles. The van der Waals surface area contributed by atoms with Gasteiger partial charge in [-0.15, -0.1) is 0 Å². The molecule has 0 saturated heterocycles. The number of nitrogens with one attached hydrogen (secondary N) is 2. The summed E-state index contributed by atoms with van der Waals surface area (Å²) in [6.45, 7) is 2.04. The third kappa shape index (κ3) is 2.64. The maximum absolute atomic E-state index is 12.4. The summed E-state index contributed by atoms with van der Waals surface area (Å²) in [4.78, 5) is 15.9. The number of nitrogen functional groups attached to an aromatic ring is 1. The zero-order valence-electron chi connectivity index (χ0n) is 13.8. The van der Waals surface area contributed by atoms with Crippen LogP contribution in [0.1, 0.15) is 28.8 Å². The zero-order valence-corrected chi connectivity index (χ0v) is 13.8. The Morgan fingerprint density at radius 1 is 1.17 bits per heavy atom. The summed E-state index contributed by atoms with van der Waals surface area (Å²) in [6.07, 6.45) is 3.91. The Hall–Kier alpha value is -2.75. The van der Waals surface area contributed by atoms with Crippen LogP contribution in [0.3, 0.4) is 0 Å². The van der Waals surface area contributed by atoms with E-state index in [-0.39, 0.29) is 5.91 Å². The van der Waals surface area contributed by atoms with Gasteiger partial charge < -0.3 is 16.0 Å². The van der Waals surface area contributed by atoms with E-state index in [2.05, 4.69) is 22.4 Å². The van der Waals surface area contributed by atoms with Crippen molar-refractivity contribution in [3.8, 4) is 0 Å². The van der Waals surface area contributed by atoms with Gasteiger partial charge in [-0.2, -0.15) is 0 Å². The second-order valence-corrected chi connectivity index (χ2v) is 6.60. The summed E-state index contributed by atoms with van der Waals surface area (Å²) in [5.74, 6) is -0.00994. The van der Waals surface area contributed by atoms with Gasteiger partial charge in [-0.1, -0.05) is 0 Å². The summed E-state index contributed by atoms with van der Waals surface area (Å²) in [6, 6.07) is 11.7. The highest BCUT2D eigenvalue weighted by atomic mass is 16.1. The van der Waals surface area contributed by atoms with Gasteiger partial charge in [0.2, 0.25) is 5.91 Å². The Balaban J connectivity index is 1.60. The minimum absolute atomic E-state index is 0.00994. The molecule has 4 rings (SSSR count). The number of benzene rings is 2. The van der Waals surface area contributed by atoms with Crippen molar-refractivity contribution in [3.05, 3.63) is 58.8 Å². The molecule has 1 heterocycles. The molecule has 0 unspecified atom stereocenters. The first kappa shape index (κ1) is 14.8. The Bertz CT molecular complexity index is 922. The summed E-state index contributed by atoms with van der Waals surface area (Å²) < 4.78 is 0. The van der Waals surface area contributed by atoms with E-state index in [0.717, 1.165) is 35.3 Å². The number of fused-ring (bicyclic) bond motifs is 2. The molecule has 24 heavy (non-hydrogen) atoms. The number of hydrogen-bond donors (Lipinski definition) is 3. The topological polar surface area (TPSA) is 70.9 Å².